The third-order valence-electron chi connectivity index (χ3n) is 2.70. The van der Waals surface area contributed by atoms with Crippen LogP contribution in [0, 0.1) is 5.82 Å². The highest BCUT2D eigenvalue weighted by Gasteiger charge is 2.26. The number of amides is 2. The molecule has 1 heterocycles. The number of carbonyl (C=O) groups excluding carboxylic acids is 2. The Labute approximate surface area is 112 Å². The highest BCUT2D eigenvalue weighted by atomic mass is 79.9. The molecule has 18 heavy (non-hydrogen) atoms. The van der Waals surface area contributed by atoms with Crippen molar-refractivity contribution in [2.24, 2.45) is 0 Å². The minimum absolute atomic E-state index is 0.108. The predicted octanol–water partition coefficient (Wildman–Crippen LogP) is 1.48. The van der Waals surface area contributed by atoms with Gasteiger partial charge in [-0.15, -0.1) is 0 Å². The lowest BCUT2D eigenvalue weighted by Gasteiger charge is -2.11. The van der Waals surface area contributed by atoms with Crippen LogP contribution in [-0.4, -0.2) is 17.9 Å². The van der Waals surface area contributed by atoms with Crippen molar-refractivity contribution in [1.82, 2.24) is 10.6 Å². The van der Waals surface area contributed by atoms with Crippen molar-refractivity contribution in [2.75, 3.05) is 0 Å². The molecule has 0 spiro atoms. The molecule has 1 fully saturated rings. The maximum Gasteiger partial charge on any atom is 0.242 e. The maximum atomic E-state index is 13.1. The average molecular weight is 315 g/mol. The van der Waals surface area contributed by atoms with Crippen LogP contribution < -0.4 is 10.6 Å². The first-order chi connectivity index (χ1) is 8.54. The zero-order valence-corrected chi connectivity index (χ0v) is 11.1. The molecule has 4 nitrogen and oxygen atoms in total. The quantitative estimate of drug-likeness (QED) is 0.888. The van der Waals surface area contributed by atoms with Gasteiger partial charge in [0, 0.05) is 17.4 Å². The van der Waals surface area contributed by atoms with E-state index in [0.717, 1.165) is 0 Å². The van der Waals surface area contributed by atoms with Gasteiger partial charge in [-0.3, -0.25) is 9.59 Å². The SMILES string of the molecule is O=C1CCC(C(=O)NCc2cc(F)cc(Br)c2)N1. The van der Waals surface area contributed by atoms with Gasteiger partial charge in [0.25, 0.3) is 0 Å². The number of benzene rings is 1. The van der Waals surface area contributed by atoms with Crippen LogP contribution >= 0.6 is 15.9 Å². The van der Waals surface area contributed by atoms with E-state index in [1.807, 2.05) is 0 Å². The van der Waals surface area contributed by atoms with Crippen molar-refractivity contribution in [3.05, 3.63) is 34.1 Å². The highest BCUT2D eigenvalue weighted by Crippen LogP contribution is 2.15. The molecule has 0 aromatic heterocycles. The van der Waals surface area contributed by atoms with Gasteiger partial charge in [-0.05, 0) is 30.2 Å². The van der Waals surface area contributed by atoms with Crippen molar-refractivity contribution in [1.29, 1.82) is 0 Å². The molecule has 1 aliphatic heterocycles. The minimum Gasteiger partial charge on any atom is -0.350 e. The van der Waals surface area contributed by atoms with Gasteiger partial charge in [0.2, 0.25) is 11.8 Å². The Bertz CT molecular complexity index is 473. The Hall–Kier alpha value is -1.43. The van der Waals surface area contributed by atoms with Crippen LogP contribution in [0.25, 0.3) is 0 Å². The van der Waals surface area contributed by atoms with E-state index in [1.165, 1.54) is 12.1 Å². The van der Waals surface area contributed by atoms with E-state index < -0.39 is 6.04 Å². The summed E-state index contributed by atoms with van der Waals surface area (Å²) in [4.78, 5) is 22.7. The standard InChI is InChI=1S/C12H12BrFN2O2/c13-8-3-7(4-9(14)5-8)6-15-12(18)10-1-2-11(17)16-10/h3-5,10H,1-2,6H2,(H,15,18)(H,16,17). The highest BCUT2D eigenvalue weighted by molar-refractivity contribution is 9.10. The van der Waals surface area contributed by atoms with Crippen LogP contribution in [0.5, 0.6) is 0 Å². The van der Waals surface area contributed by atoms with E-state index >= 15 is 0 Å². The Morgan fingerprint density at radius 2 is 2.28 bits per heavy atom. The lowest BCUT2D eigenvalue weighted by Crippen LogP contribution is -2.41. The van der Waals surface area contributed by atoms with Crippen molar-refractivity contribution >= 4 is 27.7 Å². The van der Waals surface area contributed by atoms with Gasteiger partial charge in [-0.1, -0.05) is 15.9 Å². The Kier molecular flexibility index (Phi) is 3.96. The molecule has 2 amide bonds. The van der Waals surface area contributed by atoms with E-state index in [2.05, 4.69) is 26.6 Å². The molecule has 1 aliphatic rings. The van der Waals surface area contributed by atoms with Gasteiger partial charge >= 0.3 is 0 Å². The van der Waals surface area contributed by atoms with Crippen LogP contribution in [0.2, 0.25) is 0 Å². The molecule has 0 bridgehead atoms. The molecule has 0 radical (unpaired) electrons. The van der Waals surface area contributed by atoms with Crippen molar-refractivity contribution in [3.63, 3.8) is 0 Å². The molecule has 0 aliphatic carbocycles. The Morgan fingerprint density at radius 1 is 1.50 bits per heavy atom. The van der Waals surface area contributed by atoms with E-state index in [1.54, 1.807) is 6.07 Å². The van der Waals surface area contributed by atoms with E-state index in [4.69, 9.17) is 0 Å². The molecule has 1 saturated heterocycles. The summed E-state index contributed by atoms with van der Waals surface area (Å²) < 4.78 is 13.7. The number of hydrogen-bond acceptors (Lipinski definition) is 2. The fraction of sp³-hybridized carbons (Fsp3) is 0.333. The van der Waals surface area contributed by atoms with E-state index in [-0.39, 0.29) is 24.2 Å². The first-order valence-electron chi connectivity index (χ1n) is 5.56. The summed E-state index contributed by atoms with van der Waals surface area (Å²) in [5.41, 5.74) is 0.666. The maximum absolute atomic E-state index is 13.1. The average Bonchev–Trinajstić information content (AvgIpc) is 2.71. The molecule has 1 aromatic rings. The molecule has 6 heteroatoms. The number of nitrogens with one attached hydrogen (secondary N) is 2. The second kappa shape index (κ2) is 5.48. The van der Waals surface area contributed by atoms with Gasteiger partial charge < -0.3 is 10.6 Å². The van der Waals surface area contributed by atoms with E-state index in [0.29, 0.717) is 22.9 Å². The summed E-state index contributed by atoms with van der Waals surface area (Å²) in [6, 6.07) is 3.98. The smallest absolute Gasteiger partial charge is 0.242 e. The third kappa shape index (κ3) is 3.29. The van der Waals surface area contributed by atoms with Gasteiger partial charge in [0.05, 0.1) is 0 Å². The van der Waals surface area contributed by atoms with Crippen molar-refractivity contribution < 1.29 is 14.0 Å². The fourth-order valence-electron chi connectivity index (χ4n) is 1.84. The Balaban J connectivity index is 1.91. The molecule has 2 rings (SSSR count). The number of hydrogen-bond donors (Lipinski definition) is 2. The lowest BCUT2D eigenvalue weighted by molar-refractivity contribution is -0.125. The van der Waals surface area contributed by atoms with Crippen LogP contribution in [-0.2, 0) is 16.1 Å². The summed E-state index contributed by atoms with van der Waals surface area (Å²) in [6.45, 7) is 0.238. The van der Waals surface area contributed by atoms with Crippen LogP contribution in [0.1, 0.15) is 18.4 Å². The number of halogens is 2. The monoisotopic (exact) mass is 314 g/mol. The summed E-state index contributed by atoms with van der Waals surface area (Å²) in [7, 11) is 0. The molecule has 1 atom stereocenters. The second-order valence-corrected chi connectivity index (χ2v) is 5.07. The summed E-state index contributed by atoms with van der Waals surface area (Å²) in [6.07, 6.45) is 0.890. The summed E-state index contributed by atoms with van der Waals surface area (Å²) in [5.74, 6) is -0.701. The van der Waals surface area contributed by atoms with E-state index in [9.17, 15) is 14.0 Å². The van der Waals surface area contributed by atoms with Gasteiger partial charge in [-0.2, -0.15) is 0 Å². The van der Waals surface area contributed by atoms with Crippen LogP contribution in [0.4, 0.5) is 4.39 Å². The summed E-state index contributed by atoms with van der Waals surface area (Å²) >= 11 is 3.18. The molecule has 2 N–H and O–H groups in total. The van der Waals surface area contributed by atoms with Gasteiger partial charge in [0.15, 0.2) is 0 Å². The predicted molar refractivity (Wildman–Crippen MR) is 67.1 cm³/mol. The van der Waals surface area contributed by atoms with Crippen molar-refractivity contribution in [2.45, 2.75) is 25.4 Å². The largest absolute Gasteiger partial charge is 0.350 e. The third-order valence-corrected chi connectivity index (χ3v) is 3.16. The second-order valence-electron chi connectivity index (χ2n) is 4.15. The van der Waals surface area contributed by atoms with Crippen LogP contribution in [0.3, 0.4) is 0 Å². The molecule has 96 valence electrons. The lowest BCUT2D eigenvalue weighted by atomic mass is 10.2. The normalized spacial score (nSPS) is 18.6. The minimum atomic E-state index is -0.463. The topological polar surface area (TPSA) is 58.2 Å². The summed E-state index contributed by atoms with van der Waals surface area (Å²) in [5, 5.41) is 5.25. The fourth-order valence-corrected chi connectivity index (χ4v) is 2.35. The first kappa shape index (κ1) is 13.0. The van der Waals surface area contributed by atoms with Crippen LogP contribution in [0.15, 0.2) is 22.7 Å². The number of rotatable bonds is 3. The molecule has 1 aromatic carbocycles. The van der Waals surface area contributed by atoms with Gasteiger partial charge in [-0.25, -0.2) is 4.39 Å². The Morgan fingerprint density at radius 3 is 2.89 bits per heavy atom. The number of carbonyl (C=O) groups is 2. The van der Waals surface area contributed by atoms with Gasteiger partial charge in [0.1, 0.15) is 11.9 Å². The zero-order valence-electron chi connectivity index (χ0n) is 9.50. The molecular formula is C12H12BrFN2O2. The molecule has 0 saturated carbocycles. The first-order valence-corrected chi connectivity index (χ1v) is 6.36. The van der Waals surface area contributed by atoms with Crippen molar-refractivity contribution in [3.8, 4) is 0 Å². The molecular weight excluding hydrogens is 303 g/mol. The molecule has 1 unspecified atom stereocenters. The zero-order chi connectivity index (χ0) is 13.1.